The van der Waals surface area contributed by atoms with Crippen molar-refractivity contribution in [3.8, 4) is 5.75 Å². The maximum absolute atomic E-state index is 13.4. The molecular weight excluding hydrogens is 590 g/mol. The van der Waals surface area contributed by atoms with Crippen molar-refractivity contribution in [1.82, 2.24) is 36.3 Å². The zero-order valence-corrected chi connectivity index (χ0v) is 24.8. The lowest BCUT2D eigenvalue weighted by atomic mass is 10.0. The topological polar surface area (TPSA) is 177 Å². The summed E-state index contributed by atoms with van der Waals surface area (Å²) in [6.07, 6.45) is 1.75. The molecule has 1 fully saturated rings. The Labute approximate surface area is 258 Å². The van der Waals surface area contributed by atoms with Crippen molar-refractivity contribution in [2.24, 2.45) is 0 Å². The molecule has 4 amide bonds. The SMILES string of the molecule is C[C@@H](O)[C@@H]1NC(=O)C2(CC2)NC(=O)c2ccc(Cl)cc2OCCCn2cc(nn2)CNC(=O)[C@@H](Cc2ccccc2)NC1=O. The summed E-state index contributed by atoms with van der Waals surface area (Å²) in [5.41, 5.74) is 0.226. The van der Waals surface area contributed by atoms with Crippen LogP contribution in [0.2, 0.25) is 5.02 Å². The number of hydrogen-bond acceptors (Lipinski definition) is 8. The highest BCUT2D eigenvalue weighted by Gasteiger charge is 2.52. The standard InChI is InChI=1S/C30H34ClN7O6/c1-18(39)25-28(42)33-23(14-19-6-3-2-4-7-19)27(41)32-16-21-17-38(37-36-21)12-5-13-44-24-15-20(31)8-9-22(24)26(40)35-30(10-11-30)29(43)34-25/h2-4,6-9,15,17-18,23,25,39H,5,10-14,16H2,1H3,(H,32,41)(H,33,42)(H,34,43)(H,35,40)/t18-,23-,25+/m1/s1. The van der Waals surface area contributed by atoms with Gasteiger partial charge in [0.05, 0.1) is 31.0 Å². The van der Waals surface area contributed by atoms with Crippen LogP contribution in [0, 0.1) is 0 Å². The summed E-state index contributed by atoms with van der Waals surface area (Å²) >= 11 is 6.17. The number of carbonyl (C=O) groups excluding carboxylic acids is 4. The van der Waals surface area contributed by atoms with Crippen LogP contribution in [0.15, 0.2) is 54.7 Å². The Kier molecular flexibility index (Phi) is 9.45. The van der Waals surface area contributed by atoms with Gasteiger partial charge < -0.3 is 31.1 Å². The predicted molar refractivity (Wildman–Crippen MR) is 159 cm³/mol. The molecule has 0 saturated heterocycles. The van der Waals surface area contributed by atoms with Crippen LogP contribution in [-0.4, -0.2) is 74.1 Å². The zero-order valence-electron chi connectivity index (χ0n) is 24.1. The quantitative estimate of drug-likeness (QED) is 0.286. The molecule has 44 heavy (non-hydrogen) atoms. The first kappa shape index (κ1) is 31.0. The molecule has 1 aliphatic carbocycles. The number of aryl methyl sites for hydroxylation is 1. The molecule has 3 aromatic rings. The number of amides is 4. The number of aliphatic hydroxyl groups excluding tert-OH is 1. The molecule has 2 aromatic carbocycles. The molecule has 2 bridgehead atoms. The molecule has 2 heterocycles. The lowest BCUT2D eigenvalue weighted by Gasteiger charge is -2.27. The van der Waals surface area contributed by atoms with Crippen molar-refractivity contribution in [3.05, 3.63) is 76.6 Å². The Hall–Kier alpha value is -4.49. The second-order valence-electron chi connectivity index (χ2n) is 11.0. The van der Waals surface area contributed by atoms with Crippen molar-refractivity contribution in [2.45, 2.75) is 69.4 Å². The summed E-state index contributed by atoms with van der Waals surface area (Å²) in [5.74, 6) is -2.15. The minimum atomic E-state index is -1.40. The van der Waals surface area contributed by atoms with E-state index in [2.05, 4.69) is 31.6 Å². The predicted octanol–water partition coefficient (Wildman–Crippen LogP) is 0.886. The molecule has 1 saturated carbocycles. The number of halogens is 1. The second-order valence-corrected chi connectivity index (χ2v) is 11.4. The molecule has 5 rings (SSSR count). The van der Waals surface area contributed by atoms with E-state index in [0.29, 0.717) is 36.5 Å². The van der Waals surface area contributed by atoms with Gasteiger partial charge >= 0.3 is 0 Å². The number of fused-ring (bicyclic) bond motifs is 3. The number of benzene rings is 2. The van der Waals surface area contributed by atoms with E-state index >= 15 is 0 Å². The van der Waals surface area contributed by atoms with E-state index in [4.69, 9.17) is 16.3 Å². The largest absolute Gasteiger partial charge is 0.493 e. The Morgan fingerprint density at radius 2 is 1.86 bits per heavy atom. The van der Waals surface area contributed by atoms with E-state index in [1.807, 2.05) is 30.3 Å². The minimum absolute atomic E-state index is 0.0647. The van der Waals surface area contributed by atoms with Gasteiger partial charge in [-0.3, -0.25) is 23.9 Å². The van der Waals surface area contributed by atoms with Crippen molar-refractivity contribution in [3.63, 3.8) is 0 Å². The first-order valence-corrected chi connectivity index (χ1v) is 14.8. The molecule has 232 valence electrons. The molecule has 14 heteroatoms. The molecule has 5 N–H and O–H groups in total. The summed E-state index contributed by atoms with van der Waals surface area (Å²) in [6.45, 7) is 2.12. The minimum Gasteiger partial charge on any atom is -0.493 e. The number of aromatic nitrogens is 3. The summed E-state index contributed by atoms with van der Waals surface area (Å²) in [5, 5.41) is 29.9. The van der Waals surface area contributed by atoms with E-state index < -0.39 is 47.4 Å². The van der Waals surface area contributed by atoms with Crippen molar-refractivity contribution in [2.75, 3.05) is 6.61 Å². The molecular formula is C30H34ClN7O6. The van der Waals surface area contributed by atoms with Crippen LogP contribution in [0.3, 0.4) is 0 Å². The van der Waals surface area contributed by atoms with Crippen LogP contribution in [0.4, 0.5) is 0 Å². The number of aliphatic hydroxyl groups is 1. The first-order valence-electron chi connectivity index (χ1n) is 14.4. The number of carbonyl (C=O) groups is 4. The van der Waals surface area contributed by atoms with Crippen LogP contribution in [0.5, 0.6) is 5.75 Å². The Morgan fingerprint density at radius 1 is 1.09 bits per heavy atom. The number of nitrogens with one attached hydrogen (secondary N) is 4. The average molecular weight is 624 g/mol. The number of hydrogen-bond donors (Lipinski definition) is 5. The Bertz CT molecular complexity index is 1530. The fraction of sp³-hybridized carbons (Fsp3) is 0.400. The normalized spacial score (nSPS) is 21.8. The van der Waals surface area contributed by atoms with Crippen molar-refractivity contribution in [1.29, 1.82) is 0 Å². The van der Waals surface area contributed by atoms with E-state index in [1.54, 1.807) is 16.9 Å². The first-order chi connectivity index (χ1) is 21.1. The van der Waals surface area contributed by atoms with Gasteiger partial charge in [0.25, 0.3) is 5.91 Å². The maximum Gasteiger partial charge on any atom is 0.255 e. The van der Waals surface area contributed by atoms with E-state index in [9.17, 15) is 24.3 Å². The van der Waals surface area contributed by atoms with Crippen LogP contribution < -0.4 is 26.0 Å². The molecule has 1 spiro atoms. The lowest BCUT2D eigenvalue weighted by Crippen LogP contribution is -2.60. The second kappa shape index (κ2) is 13.4. The third-order valence-electron chi connectivity index (χ3n) is 7.51. The van der Waals surface area contributed by atoms with E-state index in [1.165, 1.54) is 19.1 Å². The van der Waals surface area contributed by atoms with Crippen LogP contribution >= 0.6 is 11.6 Å². The number of ether oxygens (including phenoxy) is 1. The summed E-state index contributed by atoms with van der Waals surface area (Å²) in [4.78, 5) is 53.5. The van der Waals surface area contributed by atoms with Gasteiger partial charge in [0, 0.05) is 24.4 Å². The molecule has 1 aromatic heterocycles. The molecule has 2 aliphatic rings. The van der Waals surface area contributed by atoms with Crippen LogP contribution in [-0.2, 0) is 33.9 Å². The molecule has 3 atom stereocenters. The fourth-order valence-corrected chi connectivity index (χ4v) is 5.03. The van der Waals surface area contributed by atoms with Crippen molar-refractivity contribution < 1.29 is 29.0 Å². The molecule has 0 radical (unpaired) electrons. The van der Waals surface area contributed by atoms with Crippen LogP contribution in [0.1, 0.15) is 47.8 Å². The molecule has 1 aliphatic heterocycles. The highest BCUT2D eigenvalue weighted by atomic mass is 35.5. The number of rotatable bonds is 3. The lowest BCUT2D eigenvalue weighted by molar-refractivity contribution is -0.135. The summed E-state index contributed by atoms with van der Waals surface area (Å²) in [7, 11) is 0. The third kappa shape index (κ3) is 7.53. The average Bonchev–Trinajstić information content (AvgIpc) is 3.64. The van der Waals surface area contributed by atoms with Gasteiger partial charge in [-0.1, -0.05) is 47.1 Å². The zero-order chi connectivity index (χ0) is 31.3. The summed E-state index contributed by atoms with van der Waals surface area (Å²) < 4.78 is 7.50. The van der Waals surface area contributed by atoms with Crippen LogP contribution in [0.25, 0.3) is 0 Å². The van der Waals surface area contributed by atoms with Gasteiger partial charge in [0.1, 0.15) is 29.1 Å². The van der Waals surface area contributed by atoms with Gasteiger partial charge in [-0.2, -0.15) is 0 Å². The Balaban J connectivity index is 1.42. The maximum atomic E-state index is 13.4. The fourth-order valence-electron chi connectivity index (χ4n) is 4.87. The monoisotopic (exact) mass is 623 g/mol. The van der Waals surface area contributed by atoms with Gasteiger partial charge in [0.15, 0.2) is 0 Å². The van der Waals surface area contributed by atoms with Gasteiger partial charge in [-0.25, -0.2) is 0 Å². The van der Waals surface area contributed by atoms with Gasteiger partial charge in [0.2, 0.25) is 17.7 Å². The highest BCUT2D eigenvalue weighted by Crippen LogP contribution is 2.37. The van der Waals surface area contributed by atoms with E-state index in [0.717, 1.165) is 5.56 Å². The van der Waals surface area contributed by atoms with Crippen molar-refractivity contribution >= 4 is 35.2 Å². The smallest absolute Gasteiger partial charge is 0.255 e. The molecule has 0 unspecified atom stereocenters. The highest BCUT2D eigenvalue weighted by molar-refractivity contribution is 6.30. The van der Waals surface area contributed by atoms with E-state index in [-0.39, 0.29) is 30.9 Å². The summed E-state index contributed by atoms with van der Waals surface area (Å²) in [6, 6.07) is 11.3. The number of nitrogens with zero attached hydrogens (tertiary/aromatic N) is 3. The van der Waals surface area contributed by atoms with Gasteiger partial charge in [-0.15, -0.1) is 5.10 Å². The molecule has 13 nitrogen and oxygen atoms in total. The van der Waals surface area contributed by atoms with Gasteiger partial charge in [-0.05, 0) is 43.5 Å². The Morgan fingerprint density at radius 3 is 2.59 bits per heavy atom. The third-order valence-corrected chi connectivity index (χ3v) is 7.75.